The molecule has 3 unspecified atom stereocenters. The second-order valence-corrected chi connectivity index (χ2v) is 15.1. The Kier molecular flexibility index (Phi) is 11.2. The second-order valence-electron chi connectivity index (χ2n) is 13.2. The largest absolute Gasteiger partial charge is 0.494 e. The Balaban J connectivity index is 1.83. The quantitative estimate of drug-likeness (QED) is 0.234. The zero-order valence-corrected chi connectivity index (χ0v) is 28.9. The van der Waals surface area contributed by atoms with E-state index in [4.69, 9.17) is 4.74 Å². The summed E-state index contributed by atoms with van der Waals surface area (Å²) < 4.78 is 4.34. The average Bonchev–Trinajstić information content (AvgIpc) is 3.59. The summed E-state index contributed by atoms with van der Waals surface area (Å²) >= 11 is 1.67. The number of hydrogen-bond donors (Lipinski definition) is 1. The van der Waals surface area contributed by atoms with Gasteiger partial charge in [0.1, 0.15) is 11.8 Å². The van der Waals surface area contributed by atoms with Gasteiger partial charge in [0.05, 0.1) is 35.8 Å². The third-order valence-corrected chi connectivity index (χ3v) is 12.4. The van der Waals surface area contributed by atoms with Gasteiger partial charge in [0.15, 0.2) is 0 Å². The molecule has 3 aliphatic heterocycles. The molecule has 1 aromatic carbocycles. The molecule has 0 saturated carbocycles. The molecule has 1 spiro atoms. The summed E-state index contributed by atoms with van der Waals surface area (Å²) in [4.78, 5) is 49.8. The Morgan fingerprint density at radius 2 is 1.78 bits per heavy atom. The number of nitrogens with zero attached hydrogens (tertiary/aromatic N) is 3. The van der Waals surface area contributed by atoms with E-state index in [0.29, 0.717) is 25.3 Å². The molecule has 248 valence electrons. The van der Waals surface area contributed by atoms with E-state index in [1.54, 1.807) is 33.7 Å². The lowest BCUT2D eigenvalue weighted by molar-refractivity contribution is -0.148. The maximum atomic E-state index is 14.9. The van der Waals surface area contributed by atoms with Crippen molar-refractivity contribution in [2.75, 3.05) is 31.2 Å². The molecule has 45 heavy (non-hydrogen) atoms. The normalized spacial score (nSPS) is 28.7. The van der Waals surface area contributed by atoms with E-state index in [0.717, 1.165) is 31.4 Å². The lowest BCUT2D eigenvalue weighted by atomic mass is 9.66. The lowest BCUT2D eigenvalue weighted by Gasteiger charge is -2.42. The maximum absolute atomic E-state index is 14.9. The van der Waals surface area contributed by atoms with Gasteiger partial charge in [0.25, 0.3) is 0 Å². The molecule has 3 fully saturated rings. The van der Waals surface area contributed by atoms with E-state index in [9.17, 15) is 19.5 Å². The minimum absolute atomic E-state index is 0.0292. The fourth-order valence-electron chi connectivity index (χ4n) is 8.06. The molecule has 3 aliphatic rings. The van der Waals surface area contributed by atoms with Gasteiger partial charge in [-0.3, -0.25) is 14.4 Å². The summed E-state index contributed by atoms with van der Waals surface area (Å²) in [7, 11) is 0. The van der Waals surface area contributed by atoms with Gasteiger partial charge >= 0.3 is 0 Å². The van der Waals surface area contributed by atoms with Gasteiger partial charge in [0.2, 0.25) is 17.7 Å². The highest BCUT2D eigenvalue weighted by molar-refractivity contribution is 8.02. The third kappa shape index (κ3) is 6.07. The predicted octanol–water partition coefficient (Wildman–Crippen LogP) is 5.70. The Morgan fingerprint density at radius 3 is 2.33 bits per heavy atom. The highest BCUT2D eigenvalue weighted by Gasteiger charge is 2.78. The molecular weight excluding hydrogens is 586 g/mol. The summed E-state index contributed by atoms with van der Waals surface area (Å²) in [5.41, 5.74) is 0.710. The van der Waals surface area contributed by atoms with Crippen molar-refractivity contribution in [3.63, 3.8) is 0 Å². The molecule has 3 saturated heterocycles. The molecule has 8 nitrogen and oxygen atoms in total. The van der Waals surface area contributed by atoms with Crippen molar-refractivity contribution in [2.24, 2.45) is 17.8 Å². The van der Waals surface area contributed by atoms with Gasteiger partial charge in [-0.15, -0.1) is 24.9 Å². The van der Waals surface area contributed by atoms with Crippen LogP contribution >= 0.6 is 11.8 Å². The van der Waals surface area contributed by atoms with Crippen LogP contribution in [-0.2, 0) is 14.4 Å². The van der Waals surface area contributed by atoms with Gasteiger partial charge in [-0.25, -0.2) is 0 Å². The first-order valence-electron chi connectivity index (χ1n) is 16.7. The predicted molar refractivity (Wildman–Crippen MR) is 182 cm³/mol. The highest BCUT2D eigenvalue weighted by Crippen LogP contribution is 2.72. The van der Waals surface area contributed by atoms with Crippen molar-refractivity contribution < 1.29 is 24.2 Å². The SMILES string of the molecule is C=CCN(C(=O)[C@H]1[C@H]2C(=O)N([C@@H](CO)[C@@H](C)CC)C(C(=O)N(CC=C)C(C)CCC)C23CC[C@]1(C)S3)c1ccc(OCC)cc1. The first-order chi connectivity index (χ1) is 21.5. The summed E-state index contributed by atoms with van der Waals surface area (Å²) in [5.74, 6) is -1.04. The van der Waals surface area contributed by atoms with Crippen molar-refractivity contribution in [3.8, 4) is 5.75 Å². The summed E-state index contributed by atoms with van der Waals surface area (Å²) in [5, 5.41) is 10.7. The van der Waals surface area contributed by atoms with E-state index in [-0.39, 0.29) is 42.8 Å². The molecule has 3 amide bonds. The molecule has 0 aromatic heterocycles. The number of ether oxygens (including phenoxy) is 1. The van der Waals surface area contributed by atoms with Crippen LogP contribution < -0.4 is 9.64 Å². The van der Waals surface area contributed by atoms with Gasteiger partial charge in [-0.1, -0.05) is 45.8 Å². The number of aliphatic hydroxyl groups excluding tert-OH is 1. The maximum Gasteiger partial charge on any atom is 0.247 e. The number of rotatable bonds is 16. The molecular formula is C36H53N3O5S. The molecule has 1 aromatic rings. The number of aliphatic hydroxyl groups is 1. The number of carbonyl (C=O) groups excluding carboxylic acids is 3. The van der Waals surface area contributed by atoms with Crippen molar-refractivity contribution >= 4 is 35.2 Å². The topological polar surface area (TPSA) is 90.4 Å². The zero-order chi connectivity index (χ0) is 33.1. The zero-order valence-electron chi connectivity index (χ0n) is 28.0. The Bertz CT molecular complexity index is 1260. The summed E-state index contributed by atoms with van der Waals surface area (Å²) in [6.45, 7) is 21.1. The number of thioether (sulfide) groups is 1. The molecule has 1 N–H and O–H groups in total. The number of fused-ring (bicyclic) bond motifs is 1. The van der Waals surface area contributed by atoms with Crippen molar-refractivity contribution in [3.05, 3.63) is 49.6 Å². The minimum Gasteiger partial charge on any atom is -0.494 e. The van der Waals surface area contributed by atoms with Crippen LogP contribution in [0.2, 0.25) is 0 Å². The van der Waals surface area contributed by atoms with E-state index in [2.05, 4.69) is 33.9 Å². The Hall–Kier alpha value is -2.78. The Labute approximate surface area is 274 Å². The van der Waals surface area contributed by atoms with Crippen LogP contribution in [-0.4, -0.2) is 86.6 Å². The fraction of sp³-hybridized carbons (Fsp3) is 0.639. The third-order valence-electron chi connectivity index (χ3n) is 10.4. The monoisotopic (exact) mass is 639 g/mol. The highest BCUT2D eigenvalue weighted by atomic mass is 32.2. The van der Waals surface area contributed by atoms with E-state index in [1.165, 1.54) is 0 Å². The Morgan fingerprint density at radius 1 is 1.11 bits per heavy atom. The molecule has 9 heteroatoms. The molecule has 2 bridgehead atoms. The van der Waals surface area contributed by atoms with Crippen LogP contribution in [0.4, 0.5) is 5.69 Å². The first kappa shape index (κ1) is 35.1. The van der Waals surface area contributed by atoms with Gasteiger partial charge in [-0.05, 0) is 70.2 Å². The summed E-state index contributed by atoms with van der Waals surface area (Å²) in [6, 6.07) is 6.09. The number of carbonyl (C=O) groups is 3. The van der Waals surface area contributed by atoms with E-state index < -0.39 is 33.4 Å². The van der Waals surface area contributed by atoms with E-state index in [1.807, 2.05) is 49.9 Å². The van der Waals surface area contributed by atoms with Gasteiger partial charge in [-0.2, -0.15) is 0 Å². The van der Waals surface area contributed by atoms with Crippen molar-refractivity contribution in [1.82, 2.24) is 9.80 Å². The molecule has 0 radical (unpaired) electrons. The smallest absolute Gasteiger partial charge is 0.247 e. The minimum atomic E-state index is -0.775. The summed E-state index contributed by atoms with van der Waals surface area (Å²) in [6.07, 6.45) is 7.33. The number of benzene rings is 1. The van der Waals surface area contributed by atoms with Crippen LogP contribution in [0.3, 0.4) is 0 Å². The number of hydrogen-bond acceptors (Lipinski definition) is 6. The number of anilines is 1. The lowest BCUT2D eigenvalue weighted by Crippen LogP contribution is -2.59. The van der Waals surface area contributed by atoms with Crippen LogP contribution in [0.1, 0.15) is 73.6 Å². The van der Waals surface area contributed by atoms with Crippen molar-refractivity contribution in [2.45, 2.75) is 101 Å². The second kappa shape index (κ2) is 14.3. The molecule has 4 rings (SSSR count). The molecule has 8 atom stereocenters. The average molecular weight is 640 g/mol. The number of amides is 3. The fourth-order valence-corrected chi connectivity index (χ4v) is 10.4. The molecule has 3 heterocycles. The van der Waals surface area contributed by atoms with E-state index >= 15 is 0 Å². The van der Waals surface area contributed by atoms with Gasteiger partial charge < -0.3 is 24.5 Å². The van der Waals surface area contributed by atoms with Crippen LogP contribution in [0.25, 0.3) is 0 Å². The van der Waals surface area contributed by atoms with Gasteiger partial charge in [0, 0.05) is 29.6 Å². The van der Waals surface area contributed by atoms with Crippen molar-refractivity contribution in [1.29, 1.82) is 0 Å². The first-order valence-corrected chi connectivity index (χ1v) is 17.5. The molecule has 0 aliphatic carbocycles. The van der Waals surface area contributed by atoms with Crippen LogP contribution in [0, 0.1) is 17.8 Å². The standard InChI is InChI=1S/C36H53N3O5S/c1-9-14-25(7)37(21-10-2)34(43)31-36-20-19-35(8,45-36)29(30(36)33(42)39(31)28(23-40)24(6)12-4)32(41)38(22-11-3)26-15-17-27(18-16-26)44-13-5/h10-11,15-18,24-25,28-31,40H,2-3,9,12-14,19-23H2,1,4-8H3/t24-,25?,28-,29+,30-,31?,35-,36?/m0/s1. The van der Waals surface area contributed by atoms with Crippen LogP contribution in [0.5, 0.6) is 5.75 Å². The van der Waals surface area contributed by atoms with Crippen LogP contribution in [0.15, 0.2) is 49.6 Å². The number of likely N-dealkylation sites (tertiary alicyclic amines) is 1.